The van der Waals surface area contributed by atoms with E-state index in [9.17, 15) is 9.59 Å². The van der Waals surface area contributed by atoms with E-state index in [1.165, 1.54) is 14.2 Å². The Morgan fingerprint density at radius 3 is 2.42 bits per heavy atom. The predicted octanol–water partition coefficient (Wildman–Crippen LogP) is 4.62. The van der Waals surface area contributed by atoms with Gasteiger partial charge in [0, 0.05) is 6.42 Å². The summed E-state index contributed by atoms with van der Waals surface area (Å²) in [6.45, 7) is 0. The first-order valence-electron chi connectivity index (χ1n) is 9.63. The minimum absolute atomic E-state index is 0.125. The molecule has 0 spiro atoms. The van der Waals surface area contributed by atoms with Gasteiger partial charge in [-0.15, -0.1) is 0 Å². The summed E-state index contributed by atoms with van der Waals surface area (Å²) < 4.78 is 22.0. The number of carbonyl (C=O) groups excluding carboxylic acids is 1. The lowest BCUT2D eigenvalue weighted by Gasteiger charge is -2.14. The predicted molar refractivity (Wildman–Crippen MR) is 116 cm³/mol. The molecule has 1 heterocycles. The van der Waals surface area contributed by atoms with Crippen molar-refractivity contribution in [1.82, 2.24) is 0 Å². The molecule has 0 bridgehead atoms. The van der Waals surface area contributed by atoms with Gasteiger partial charge in [0.25, 0.3) is 0 Å². The first-order chi connectivity index (χ1) is 15.1. The number of carbonyl (C=O) groups is 1. The molecule has 6 nitrogen and oxygen atoms in total. The highest BCUT2D eigenvalue weighted by Gasteiger charge is 2.23. The van der Waals surface area contributed by atoms with Crippen LogP contribution in [0.4, 0.5) is 0 Å². The van der Waals surface area contributed by atoms with Crippen molar-refractivity contribution in [3.8, 4) is 17.2 Å². The standard InChI is InChI=1S/C25H20O6/c1-28-18-11-6-10-17(15-18)24(26)31-23-19(14-16-8-4-3-5-9-16)25(27)30-21-13-7-12-20(29-2)22(21)23/h3-13,15H,14H2,1-2H3. The van der Waals surface area contributed by atoms with Crippen molar-refractivity contribution in [3.05, 3.63) is 99.9 Å². The maximum absolute atomic E-state index is 13.0. The summed E-state index contributed by atoms with van der Waals surface area (Å²) in [4.78, 5) is 25.8. The Balaban J connectivity index is 1.88. The number of hydrogen-bond donors (Lipinski definition) is 0. The van der Waals surface area contributed by atoms with Crippen molar-refractivity contribution < 1.29 is 23.4 Å². The summed E-state index contributed by atoms with van der Waals surface area (Å²) in [5.41, 5.74) is 1.11. The van der Waals surface area contributed by atoms with Crippen molar-refractivity contribution in [2.24, 2.45) is 0 Å². The van der Waals surface area contributed by atoms with E-state index in [4.69, 9.17) is 18.6 Å². The van der Waals surface area contributed by atoms with Crippen LogP contribution < -0.4 is 19.8 Å². The largest absolute Gasteiger partial charge is 0.497 e. The first-order valence-corrected chi connectivity index (χ1v) is 9.63. The maximum Gasteiger partial charge on any atom is 0.343 e. The van der Waals surface area contributed by atoms with Crippen molar-refractivity contribution in [2.75, 3.05) is 14.2 Å². The van der Waals surface area contributed by atoms with Crippen LogP contribution in [0.3, 0.4) is 0 Å². The van der Waals surface area contributed by atoms with Crippen LogP contribution in [0, 0.1) is 0 Å². The van der Waals surface area contributed by atoms with Gasteiger partial charge >= 0.3 is 11.6 Å². The molecule has 156 valence electrons. The molecule has 4 aromatic rings. The molecule has 1 aromatic heterocycles. The van der Waals surface area contributed by atoms with Crippen LogP contribution in [0.1, 0.15) is 21.5 Å². The maximum atomic E-state index is 13.0. The van der Waals surface area contributed by atoms with Gasteiger partial charge < -0.3 is 18.6 Å². The van der Waals surface area contributed by atoms with E-state index < -0.39 is 11.6 Å². The number of methoxy groups -OCH3 is 2. The molecular weight excluding hydrogens is 396 g/mol. The molecule has 0 atom stereocenters. The minimum atomic E-state index is -0.619. The second kappa shape index (κ2) is 8.75. The number of hydrogen-bond acceptors (Lipinski definition) is 6. The quantitative estimate of drug-likeness (QED) is 0.337. The van der Waals surface area contributed by atoms with Crippen LogP contribution in [-0.4, -0.2) is 20.2 Å². The van der Waals surface area contributed by atoms with E-state index in [0.717, 1.165) is 5.56 Å². The van der Waals surface area contributed by atoms with Crippen molar-refractivity contribution in [2.45, 2.75) is 6.42 Å². The Morgan fingerprint density at radius 1 is 0.903 bits per heavy atom. The summed E-state index contributed by atoms with van der Waals surface area (Å²) in [6, 6.07) is 21.1. The number of benzene rings is 3. The molecule has 0 fully saturated rings. The molecule has 0 N–H and O–H groups in total. The fraction of sp³-hybridized carbons (Fsp3) is 0.120. The highest BCUT2D eigenvalue weighted by atomic mass is 16.5. The molecule has 0 saturated carbocycles. The molecular formula is C25H20O6. The molecule has 0 aliphatic heterocycles. The lowest BCUT2D eigenvalue weighted by molar-refractivity contribution is 0.0734. The van der Waals surface area contributed by atoms with E-state index in [-0.39, 0.29) is 23.3 Å². The van der Waals surface area contributed by atoms with Crippen molar-refractivity contribution in [3.63, 3.8) is 0 Å². The number of ether oxygens (including phenoxy) is 3. The molecule has 0 radical (unpaired) electrons. The average Bonchev–Trinajstić information content (AvgIpc) is 2.81. The number of rotatable bonds is 6. The zero-order chi connectivity index (χ0) is 21.8. The van der Waals surface area contributed by atoms with Gasteiger partial charge in [-0.3, -0.25) is 0 Å². The summed E-state index contributed by atoms with van der Waals surface area (Å²) in [7, 11) is 3.02. The van der Waals surface area contributed by atoms with E-state index in [1.807, 2.05) is 30.3 Å². The molecule has 6 heteroatoms. The summed E-state index contributed by atoms with van der Waals surface area (Å²) in [5.74, 6) is 0.462. The van der Waals surface area contributed by atoms with Gasteiger partial charge in [0.05, 0.1) is 25.3 Å². The summed E-state index contributed by atoms with van der Waals surface area (Å²) in [5, 5.41) is 0.423. The Hall–Kier alpha value is -4.06. The van der Waals surface area contributed by atoms with Gasteiger partial charge in [0.2, 0.25) is 0 Å². The lowest BCUT2D eigenvalue weighted by atomic mass is 10.0. The molecule has 31 heavy (non-hydrogen) atoms. The normalized spacial score (nSPS) is 10.6. The fourth-order valence-corrected chi connectivity index (χ4v) is 3.36. The zero-order valence-electron chi connectivity index (χ0n) is 17.1. The topological polar surface area (TPSA) is 75.0 Å². The third-order valence-corrected chi connectivity index (χ3v) is 4.88. The number of esters is 1. The Bertz CT molecular complexity index is 1290. The van der Waals surface area contributed by atoms with Gasteiger partial charge in [-0.05, 0) is 35.9 Å². The second-order valence-electron chi connectivity index (χ2n) is 6.81. The van der Waals surface area contributed by atoms with Gasteiger partial charge in [-0.2, -0.15) is 0 Å². The minimum Gasteiger partial charge on any atom is -0.497 e. The van der Waals surface area contributed by atoms with E-state index >= 15 is 0 Å². The van der Waals surface area contributed by atoms with Crippen LogP contribution >= 0.6 is 0 Å². The highest BCUT2D eigenvalue weighted by Crippen LogP contribution is 2.36. The highest BCUT2D eigenvalue weighted by molar-refractivity contribution is 5.97. The second-order valence-corrected chi connectivity index (χ2v) is 6.81. The molecule has 0 aliphatic carbocycles. The molecule has 3 aromatic carbocycles. The third kappa shape index (κ3) is 4.14. The molecule has 0 amide bonds. The zero-order valence-corrected chi connectivity index (χ0v) is 17.1. The fourth-order valence-electron chi connectivity index (χ4n) is 3.36. The SMILES string of the molecule is COc1cccc(C(=O)Oc2c(Cc3ccccc3)c(=O)oc3cccc(OC)c23)c1. The third-order valence-electron chi connectivity index (χ3n) is 4.88. The van der Waals surface area contributed by atoms with Crippen LogP contribution in [0.5, 0.6) is 17.2 Å². The van der Waals surface area contributed by atoms with Crippen molar-refractivity contribution >= 4 is 16.9 Å². The Morgan fingerprint density at radius 2 is 1.68 bits per heavy atom. The van der Waals surface area contributed by atoms with Crippen LogP contribution in [0.25, 0.3) is 11.0 Å². The van der Waals surface area contributed by atoms with Gasteiger partial charge in [0.15, 0.2) is 5.75 Å². The van der Waals surface area contributed by atoms with Crippen molar-refractivity contribution in [1.29, 1.82) is 0 Å². The van der Waals surface area contributed by atoms with E-state index in [1.54, 1.807) is 42.5 Å². The summed E-state index contributed by atoms with van der Waals surface area (Å²) >= 11 is 0. The molecule has 0 unspecified atom stereocenters. The monoisotopic (exact) mass is 416 g/mol. The van der Waals surface area contributed by atoms with Crippen LogP contribution in [0.2, 0.25) is 0 Å². The van der Waals surface area contributed by atoms with E-state index in [2.05, 4.69) is 0 Å². The Kier molecular flexibility index (Phi) is 5.71. The molecule has 4 rings (SSSR count). The smallest absolute Gasteiger partial charge is 0.343 e. The number of fused-ring (bicyclic) bond motifs is 1. The van der Waals surface area contributed by atoms with Crippen LogP contribution in [-0.2, 0) is 6.42 Å². The van der Waals surface area contributed by atoms with Gasteiger partial charge in [-0.1, -0.05) is 42.5 Å². The average molecular weight is 416 g/mol. The van der Waals surface area contributed by atoms with Gasteiger partial charge in [0.1, 0.15) is 22.5 Å². The lowest BCUT2D eigenvalue weighted by Crippen LogP contribution is -2.16. The van der Waals surface area contributed by atoms with E-state index in [0.29, 0.717) is 22.4 Å². The van der Waals surface area contributed by atoms with Gasteiger partial charge in [-0.25, -0.2) is 9.59 Å². The molecule has 0 aliphatic rings. The summed E-state index contributed by atoms with van der Waals surface area (Å²) in [6.07, 6.45) is 0.234. The van der Waals surface area contributed by atoms with Crippen LogP contribution in [0.15, 0.2) is 82.0 Å². The first kappa shape index (κ1) is 20.2. The Labute approximate surface area is 178 Å². The molecule has 0 saturated heterocycles.